The lowest BCUT2D eigenvalue weighted by Crippen LogP contribution is -2.31. The van der Waals surface area contributed by atoms with Crippen LogP contribution >= 0.6 is 11.8 Å². The van der Waals surface area contributed by atoms with Crippen LogP contribution in [0, 0.1) is 13.8 Å². The number of ether oxygens (including phenoxy) is 1. The van der Waals surface area contributed by atoms with Gasteiger partial charge in [0.2, 0.25) is 11.1 Å². The molecule has 0 saturated heterocycles. The molecule has 4 aromatic rings. The van der Waals surface area contributed by atoms with Gasteiger partial charge in [-0.3, -0.25) is 4.79 Å². The van der Waals surface area contributed by atoms with Gasteiger partial charge in [0.05, 0.1) is 12.7 Å². The van der Waals surface area contributed by atoms with Crippen molar-refractivity contribution >= 4 is 29.3 Å². The maximum absolute atomic E-state index is 13.8. The highest BCUT2D eigenvalue weighted by atomic mass is 32.2. The second kappa shape index (κ2) is 10.5. The average Bonchev–Trinajstić information content (AvgIpc) is 3.31. The number of aromatic nitrogens is 3. The number of allylic oxidation sites excluding steroid dienone is 1. The number of hydrogen-bond donors (Lipinski definition) is 2. The van der Waals surface area contributed by atoms with Gasteiger partial charge in [0, 0.05) is 17.1 Å². The van der Waals surface area contributed by atoms with E-state index in [1.54, 1.807) is 23.6 Å². The molecule has 37 heavy (non-hydrogen) atoms. The van der Waals surface area contributed by atoms with Crippen molar-refractivity contribution in [3.8, 4) is 5.75 Å². The van der Waals surface area contributed by atoms with E-state index in [4.69, 9.17) is 14.8 Å². The van der Waals surface area contributed by atoms with Crippen molar-refractivity contribution < 1.29 is 9.53 Å². The third-order valence-electron chi connectivity index (χ3n) is 6.33. The topological polar surface area (TPSA) is 81.1 Å². The number of carbonyl (C=O) groups is 1. The zero-order valence-electron chi connectivity index (χ0n) is 21.3. The molecule has 5 rings (SSSR count). The Balaban J connectivity index is 1.51. The SMILES string of the molecule is COc1cccc(C2C(C(=O)Nc3ccc(C)cc3C)=C(C)Nc3nc(SCc4ccccc4)nn32)c1. The van der Waals surface area contributed by atoms with Gasteiger partial charge >= 0.3 is 0 Å². The summed E-state index contributed by atoms with van der Waals surface area (Å²) < 4.78 is 7.29. The molecule has 3 aromatic carbocycles. The fraction of sp³-hybridized carbons (Fsp3) is 0.207. The number of carbonyl (C=O) groups excluding carboxylic acids is 1. The third kappa shape index (κ3) is 5.24. The molecule has 1 aliphatic heterocycles. The Labute approximate surface area is 221 Å². The summed E-state index contributed by atoms with van der Waals surface area (Å²) in [6, 6.07) is 23.5. The number of nitrogens with zero attached hydrogens (tertiary/aromatic N) is 3. The predicted molar refractivity (Wildman–Crippen MR) is 148 cm³/mol. The minimum Gasteiger partial charge on any atom is -0.497 e. The summed E-state index contributed by atoms with van der Waals surface area (Å²) in [5.74, 6) is 1.87. The summed E-state index contributed by atoms with van der Waals surface area (Å²) in [6.07, 6.45) is 0. The van der Waals surface area contributed by atoms with E-state index in [-0.39, 0.29) is 5.91 Å². The molecule has 188 valence electrons. The van der Waals surface area contributed by atoms with Crippen LogP contribution in [0.25, 0.3) is 0 Å². The fourth-order valence-electron chi connectivity index (χ4n) is 4.47. The maximum atomic E-state index is 13.8. The number of methoxy groups -OCH3 is 1. The van der Waals surface area contributed by atoms with E-state index in [9.17, 15) is 4.79 Å². The van der Waals surface area contributed by atoms with Crippen LogP contribution < -0.4 is 15.4 Å². The van der Waals surface area contributed by atoms with Gasteiger partial charge < -0.3 is 15.4 Å². The van der Waals surface area contributed by atoms with Crippen molar-refractivity contribution in [2.24, 2.45) is 0 Å². The smallest absolute Gasteiger partial charge is 0.255 e. The van der Waals surface area contributed by atoms with E-state index < -0.39 is 6.04 Å². The summed E-state index contributed by atoms with van der Waals surface area (Å²) in [4.78, 5) is 18.5. The first-order chi connectivity index (χ1) is 17.9. The van der Waals surface area contributed by atoms with E-state index in [0.29, 0.717) is 22.4 Å². The van der Waals surface area contributed by atoms with Gasteiger partial charge in [-0.25, -0.2) is 4.68 Å². The average molecular weight is 512 g/mol. The van der Waals surface area contributed by atoms with Crippen LogP contribution in [0.15, 0.2) is 89.2 Å². The molecule has 2 heterocycles. The first-order valence-electron chi connectivity index (χ1n) is 12.1. The Bertz CT molecular complexity index is 1480. The monoisotopic (exact) mass is 511 g/mol. The standard InChI is InChI=1S/C29H29N5O2S/c1-18-13-14-24(19(2)15-18)31-27(35)25-20(3)30-28-32-29(37-17-21-9-6-5-7-10-21)33-34(28)26(25)22-11-8-12-23(16-22)36-4/h5-16,26H,17H2,1-4H3,(H,31,35)(H,30,32,33). The van der Waals surface area contributed by atoms with Gasteiger partial charge in [-0.1, -0.05) is 71.9 Å². The molecular weight excluding hydrogens is 482 g/mol. The van der Waals surface area contributed by atoms with Crippen molar-refractivity contribution in [1.82, 2.24) is 14.8 Å². The first kappa shape index (κ1) is 24.6. The predicted octanol–water partition coefficient (Wildman–Crippen LogP) is 6.12. The molecule has 0 radical (unpaired) electrons. The van der Waals surface area contributed by atoms with Crippen LogP contribution in [0.4, 0.5) is 11.6 Å². The van der Waals surface area contributed by atoms with E-state index >= 15 is 0 Å². The molecule has 0 saturated carbocycles. The van der Waals surface area contributed by atoms with Crippen LogP contribution in [0.1, 0.15) is 35.2 Å². The summed E-state index contributed by atoms with van der Waals surface area (Å²) in [7, 11) is 1.63. The van der Waals surface area contributed by atoms with Gasteiger partial charge in [-0.15, -0.1) is 5.10 Å². The third-order valence-corrected chi connectivity index (χ3v) is 7.24. The minimum atomic E-state index is -0.476. The van der Waals surface area contributed by atoms with Gasteiger partial charge in [0.1, 0.15) is 11.8 Å². The van der Waals surface area contributed by atoms with E-state index in [0.717, 1.165) is 33.8 Å². The lowest BCUT2D eigenvalue weighted by molar-refractivity contribution is -0.113. The van der Waals surface area contributed by atoms with Crippen LogP contribution in [-0.4, -0.2) is 27.8 Å². The summed E-state index contributed by atoms with van der Waals surface area (Å²) in [5, 5.41) is 11.9. The molecule has 1 amide bonds. The molecule has 1 unspecified atom stereocenters. The van der Waals surface area contributed by atoms with E-state index in [1.165, 1.54) is 5.56 Å². The molecule has 7 nitrogen and oxygen atoms in total. The second-order valence-electron chi connectivity index (χ2n) is 9.05. The molecule has 0 fully saturated rings. The number of benzene rings is 3. The number of rotatable bonds is 7. The highest BCUT2D eigenvalue weighted by molar-refractivity contribution is 7.98. The zero-order chi connectivity index (χ0) is 25.9. The molecule has 1 aliphatic rings. The molecule has 0 aliphatic carbocycles. The van der Waals surface area contributed by atoms with Crippen molar-refractivity contribution in [3.05, 3.63) is 106 Å². The van der Waals surface area contributed by atoms with Crippen molar-refractivity contribution in [3.63, 3.8) is 0 Å². The second-order valence-corrected chi connectivity index (χ2v) is 9.99. The number of aryl methyl sites for hydroxylation is 2. The molecule has 1 aromatic heterocycles. The first-order valence-corrected chi connectivity index (χ1v) is 13.0. The molecule has 2 N–H and O–H groups in total. The Hall–Kier alpha value is -4.04. The number of anilines is 2. The number of amides is 1. The molecular formula is C29H29N5O2S. The highest BCUT2D eigenvalue weighted by Gasteiger charge is 2.34. The van der Waals surface area contributed by atoms with E-state index in [2.05, 4.69) is 28.8 Å². The van der Waals surface area contributed by atoms with Crippen LogP contribution in [0.3, 0.4) is 0 Å². The molecule has 0 spiro atoms. The summed E-state index contributed by atoms with van der Waals surface area (Å²) in [5.41, 5.74) is 6.32. The van der Waals surface area contributed by atoms with Crippen LogP contribution in [0.5, 0.6) is 5.75 Å². The van der Waals surface area contributed by atoms with Crippen molar-refractivity contribution in [2.75, 3.05) is 17.7 Å². The Kier molecular flexibility index (Phi) is 7.01. The quantitative estimate of drug-likeness (QED) is 0.291. The van der Waals surface area contributed by atoms with E-state index in [1.807, 2.05) is 75.4 Å². The van der Waals surface area contributed by atoms with Crippen molar-refractivity contribution in [2.45, 2.75) is 37.7 Å². The Morgan fingerprint density at radius 2 is 1.86 bits per heavy atom. The number of nitrogens with one attached hydrogen (secondary N) is 2. The molecule has 8 heteroatoms. The number of hydrogen-bond acceptors (Lipinski definition) is 6. The van der Waals surface area contributed by atoms with Gasteiger partial charge in [-0.2, -0.15) is 4.98 Å². The minimum absolute atomic E-state index is 0.190. The highest BCUT2D eigenvalue weighted by Crippen LogP contribution is 2.38. The maximum Gasteiger partial charge on any atom is 0.255 e. The summed E-state index contributed by atoms with van der Waals surface area (Å²) >= 11 is 1.56. The summed E-state index contributed by atoms with van der Waals surface area (Å²) in [6.45, 7) is 5.93. The lowest BCUT2D eigenvalue weighted by atomic mass is 9.94. The van der Waals surface area contributed by atoms with Gasteiger partial charge in [0.15, 0.2) is 0 Å². The van der Waals surface area contributed by atoms with Crippen molar-refractivity contribution in [1.29, 1.82) is 0 Å². The van der Waals surface area contributed by atoms with Gasteiger partial charge in [-0.05, 0) is 55.7 Å². The Morgan fingerprint density at radius 3 is 2.62 bits per heavy atom. The fourth-order valence-corrected chi connectivity index (χ4v) is 5.26. The number of thioether (sulfide) groups is 1. The van der Waals surface area contributed by atoms with Crippen LogP contribution in [0.2, 0.25) is 0 Å². The zero-order valence-corrected chi connectivity index (χ0v) is 22.1. The molecule has 1 atom stereocenters. The largest absolute Gasteiger partial charge is 0.497 e. The lowest BCUT2D eigenvalue weighted by Gasteiger charge is -2.29. The molecule has 0 bridgehead atoms. The van der Waals surface area contributed by atoms with Gasteiger partial charge in [0.25, 0.3) is 5.91 Å². The Morgan fingerprint density at radius 1 is 1.05 bits per heavy atom. The normalized spacial score (nSPS) is 14.6. The van der Waals surface area contributed by atoms with Crippen LogP contribution in [-0.2, 0) is 10.5 Å². The number of fused-ring (bicyclic) bond motifs is 1.